The van der Waals surface area contributed by atoms with Crippen LogP contribution in [-0.2, 0) is 17.9 Å². The highest BCUT2D eigenvalue weighted by atomic mass is 16.1. The lowest BCUT2D eigenvalue weighted by Crippen LogP contribution is -2.32. The van der Waals surface area contributed by atoms with Gasteiger partial charge >= 0.3 is 0 Å². The molecular formula is C20H29N3O. The van der Waals surface area contributed by atoms with E-state index < -0.39 is 0 Å². The van der Waals surface area contributed by atoms with Gasteiger partial charge in [0.25, 0.3) is 0 Å². The molecule has 0 bridgehead atoms. The highest BCUT2D eigenvalue weighted by Gasteiger charge is 2.21. The summed E-state index contributed by atoms with van der Waals surface area (Å²) >= 11 is 0. The first kappa shape index (κ1) is 17.0. The fraction of sp³-hybridized carbons (Fsp3) is 0.600. The number of aryl methyl sites for hydroxylation is 1. The van der Waals surface area contributed by atoms with Crippen molar-refractivity contribution in [3.63, 3.8) is 0 Å². The first-order chi connectivity index (χ1) is 11.8. The van der Waals surface area contributed by atoms with Crippen LogP contribution < -0.4 is 5.32 Å². The molecule has 0 unspecified atom stereocenters. The lowest BCUT2D eigenvalue weighted by atomic mass is 9.89. The van der Waals surface area contributed by atoms with Crippen LogP contribution in [0.4, 0.5) is 0 Å². The summed E-state index contributed by atoms with van der Waals surface area (Å²) in [6.45, 7) is 3.73. The molecular weight excluding hydrogens is 298 g/mol. The molecule has 0 saturated heterocycles. The number of imidazole rings is 1. The van der Waals surface area contributed by atoms with E-state index in [1.165, 1.54) is 37.6 Å². The number of hydrogen-bond donors (Lipinski definition) is 1. The standard InChI is InChI=1S/C20H29N3O/c1-2-3-9-14-23-18-13-8-7-12-17(18)22-19(23)15-21-20(24)16-10-5-4-6-11-16/h7-8,12-13,16H,2-6,9-11,14-15H2,1H3,(H,21,24). The number of unbranched alkanes of at least 4 members (excludes halogenated alkanes) is 2. The molecule has 0 aliphatic heterocycles. The van der Waals surface area contributed by atoms with E-state index in [0.29, 0.717) is 6.54 Å². The second kappa shape index (κ2) is 8.32. The predicted octanol–water partition coefficient (Wildman–Crippen LogP) is 4.42. The van der Waals surface area contributed by atoms with Gasteiger partial charge in [-0.15, -0.1) is 0 Å². The zero-order valence-electron chi connectivity index (χ0n) is 14.8. The third kappa shape index (κ3) is 3.97. The second-order valence-electron chi connectivity index (χ2n) is 6.93. The fourth-order valence-corrected chi connectivity index (χ4v) is 3.71. The Bertz CT molecular complexity index is 671. The number of para-hydroxylation sites is 2. The molecule has 1 N–H and O–H groups in total. The van der Waals surface area contributed by atoms with Gasteiger partial charge in [0.15, 0.2) is 0 Å². The normalized spacial score (nSPS) is 15.7. The number of nitrogens with one attached hydrogen (secondary N) is 1. The molecule has 0 spiro atoms. The minimum atomic E-state index is 0.205. The number of nitrogens with zero attached hydrogens (tertiary/aromatic N) is 2. The molecule has 1 aromatic carbocycles. The van der Waals surface area contributed by atoms with E-state index in [9.17, 15) is 4.79 Å². The summed E-state index contributed by atoms with van der Waals surface area (Å²) < 4.78 is 2.28. The molecule has 3 rings (SSSR count). The highest BCUT2D eigenvalue weighted by molar-refractivity contribution is 5.79. The van der Waals surface area contributed by atoms with Gasteiger partial charge in [-0.2, -0.15) is 0 Å². The average Bonchev–Trinajstić information content (AvgIpc) is 2.98. The third-order valence-corrected chi connectivity index (χ3v) is 5.12. The summed E-state index contributed by atoms with van der Waals surface area (Å²) in [6, 6.07) is 8.26. The minimum Gasteiger partial charge on any atom is -0.349 e. The first-order valence-electron chi connectivity index (χ1n) is 9.51. The smallest absolute Gasteiger partial charge is 0.223 e. The number of carbonyl (C=O) groups is 1. The van der Waals surface area contributed by atoms with Crippen molar-refractivity contribution in [2.45, 2.75) is 71.4 Å². The Kier molecular flexibility index (Phi) is 5.89. The molecule has 4 nitrogen and oxygen atoms in total. The second-order valence-corrected chi connectivity index (χ2v) is 6.93. The zero-order chi connectivity index (χ0) is 16.8. The van der Waals surface area contributed by atoms with Gasteiger partial charge < -0.3 is 9.88 Å². The fourth-order valence-electron chi connectivity index (χ4n) is 3.71. The van der Waals surface area contributed by atoms with Crippen molar-refractivity contribution in [1.82, 2.24) is 14.9 Å². The van der Waals surface area contributed by atoms with Gasteiger partial charge in [0.2, 0.25) is 5.91 Å². The maximum atomic E-state index is 12.4. The van der Waals surface area contributed by atoms with Gasteiger partial charge in [-0.05, 0) is 31.4 Å². The average molecular weight is 327 g/mol. The Labute approximate surface area is 144 Å². The summed E-state index contributed by atoms with van der Waals surface area (Å²) in [5.74, 6) is 1.40. The van der Waals surface area contributed by atoms with Crippen molar-refractivity contribution in [2.75, 3.05) is 0 Å². The van der Waals surface area contributed by atoms with Crippen molar-refractivity contribution in [2.24, 2.45) is 5.92 Å². The molecule has 4 heteroatoms. The maximum Gasteiger partial charge on any atom is 0.223 e. The largest absolute Gasteiger partial charge is 0.349 e. The molecule has 1 aromatic heterocycles. The van der Waals surface area contributed by atoms with Crippen LogP contribution in [0, 0.1) is 5.92 Å². The zero-order valence-corrected chi connectivity index (χ0v) is 14.8. The maximum absolute atomic E-state index is 12.4. The summed E-state index contributed by atoms with van der Waals surface area (Å²) in [4.78, 5) is 17.2. The molecule has 1 aliphatic carbocycles. The van der Waals surface area contributed by atoms with Crippen LogP contribution in [-0.4, -0.2) is 15.5 Å². The monoisotopic (exact) mass is 327 g/mol. The highest BCUT2D eigenvalue weighted by Crippen LogP contribution is 2.24. The van der Waals surface area contributed by atoms with Gasteiger partial charge in [0, 0.05) is 12.5 Å². The topological polar surface area (TPSA) is 46.9 Å². The van der Waals surface area contributed by atoms with Crippen LogP contribution in [0.1, 0.15) is 64.1 Å². The lowest BCUT2D eigenvalue weighted by Gasteiger charge is -2.20. The minimum absolute atomic E-state index is 0.205. The summed E-state index contributed by atoms with van der Waals surface area (Å²) in [5.41, 5.74) is 2.20. The van der Waals surface area contributed by atoms with Crippen LogP contribution in [0.3, 0.4) is 0 Å². The molecule has 0 atom stereocenters. The van der Waals surface area contributed by atoms with E-state index in [4.69, 9.17) is 4.98 Å². The molecule has 1 amide bonds. The van der Waals surface area contributed by atoms with Crippen molar-refractivity contribution in [1.29, 1.82) is 0 Å². The van der Waals surface area contributed by atoms with Crippen LogP contribution in [0.5, 0.6) is 0 Å². The van der Waals surface area contributed by atoms with Crippen molar-refractivity contribution in [3.05, 3.63) is 30.1 Å². The summed E-state index contributed by atoms with van der Waals surface area (Å²) in [6.07, 6.45) is 9.32. The van der Waals surface area contributed by atoms with Gasteiger partial charge in [-0.1, -0.05) is 51.2 Å². The van der Waals surface area contributed by atoms with Crippen molar-refractivity contribution < 1.29 is 4.79 Å². The quantitative estimate of drug-likeness (QED) is 0.765. The Morgan fingerprint density at radius 1 is 1.21 bits per heavy atom. The lowest BCUT2D eigenvalue weighted by molar-refractivity contribution is -0.126. The molecule has 1 fully saturated rings. The number of benzene rings is 1. The van der Waals surface area contributed by atoms with Gasteiger partial charge in [-0.25, -0.2) is 4.98 Å². The third-order valence-electron chi connectivity index (χ3n) is 5.12. The SMILES string of the molecule is CCCCCn1c(CNC(=O)C2CCCCC2)nc2ccccc21. The predicted molar refractivity (Wildman–Crippen MR) is 97.7 cm³/mol. The Balaban J connectivity index is 1.70. The molecule has 1 saturated carbocycles. The molecule has 0 radical (unpaired) electrons. The number of hydrogen-bond acceptors (Lipinski definition) is 2. The van der Waals surface area contributed by atoms with E-state index in [0.717, 1.165) is 37.1 Å². The van der Waals surface area contributed by atoms with Gasteiger partial charge in [0.05, 0.1) is 17.6 Å². The number of rotatable bonds is 7. The van der Waals surface area contributed by atoms with Crippen LogP contribution in [0.15, 0.2) is 24.3 Å². The van der Waals surface area contributed by atoms with Crippen molar-refractivity contribution >= 4 is 16.9 Å². The first-order valence-corrected chi connectivity index (χ1v) is 9.51. The van der Waals surface area contributed by atoms with E-state index in [1.807, 2.05) is 6.07 Å². The van der Waals surface area contributed by atoms with Crippen LogP contribution >= 0.6 is 0 Å². The molecule has 24 heavy (non-hydrogen) atoms. The number of amides is 1. The Morgan fingerprint density at radius 2 is 2.00 bits per heavy atom. The number of fused-ring (bicyclic) bond motifs is 1. The molecule has 130 valence electrons. The molecule has 1 aliphatic rings. The Morgan fingerprint density at radius 3 is 2.79 bits per heavy atom. The molecule has 1 heterocycles. The van der Waals surface area contributed by atoms with E-state index >= 15 is 0 Å². The van der Waals surface area contributed by atoms with Crippen LogP contribution in [0.25, 0.3) is 11.0 Å². The number of aromatic nitrogens is 2. The summed E-state index contributed by atoms with van der Waals surface area (Å²) in [5, 5.41) is 3.14. The number of carbonyl (C=O) groups excluding carboxylic acids is 1. The van der Waals surface area contributed by atoms with Crippen molar-refractivity contribution in [3.8, 4) is 0 Å². The Hall–Kier alpha value is -1.84. The van der Waals surface area contributed by atoms with Gasteiger partial charge in [-0.3, -0.25) is 4.79 Å². The van der Waals surface area contributed by atoms with Gasteiger partial charge in [0.1, 0.15) is 5.82 Å². The van der Waals surface area contributed by atoms with E-state index in [2.05, 4.69) is 35.0 Å². The van der Waals surface area contributed by atoms with E-state index in [1.54, 1.807) is 0 Å². The van der Waals surface area contributed by atoms with E-state index in [-0.39, 0.29) is 11.8 Å². The van der Waals surface area contributed by atoms with Crippen LogP contribution in [0.2, 0.25) is 0 Å². The summed E-state index contributed by atoms with van der Waals surface area (Å²) in [7, 11) is 0. The molecule has 2 aromatic rings.